The lowest BCUT2D eigenvalue weighted by Gasteiger charge is -2.20. The van der Waals surface area contributed by atoms with Crippen LogP contribution in [0.3, 0.4) is 0 Å². The Morgan fingerprint density at radius 3 is 2.53 bits per heavy atom. The molecule has 0 spiro atoms. The molecule has 0 radical (unpaired) electrons. The zero-order valence-corrected chi connectivity index (χ0v) is 15.8. The van der Waals surface area contributed by atoms with Gasteiger partial charge in [0, 0.05) is 36.4 Å². The molecular weight excluding hydrogens is 395 g/mol. The van der Waals surface area contributed by atoms with Crippen LogP contribution in [0.4, 0.5) is 18.9 Å². The Balaban J connectivity index is 1.46. The molecule has 3 aromatic rings. The molecule has 1 saturated heterocycles. The van der Waals surface area contributed by atoms with Gasteiger partial charge in [-0.05, 0) is 12.1 Å². The topological polar surface area (TPSA) is 55.3 Å². The summed E-state index contributed by atoms with van der Waals surface area (Å²) in [6.45, 7) is 1.12. The molecule has 30 heavy (non-hydrogen) atoms. The van der Waals surface area contributed by atoms with Crippen molar-refractivity contribution in [2.24, 2.45) is 0 Å². The molecule has 0 amide bonds. The van der Waals surface area contributed by atoms with Crippen LogP contribution in [0.1, 0.15) is 22.3 Å². The SMILES string of the molecule is O=Cc1cc(-c2ccccc2)ncc1N1CC[C@@H](Oc2ccc(C(F)(F)F)cn2)C1. The van der Waals surface area contributed by atoms with Crippen LogP contribution < -0.4 is 9.64 Å². The number of anilines is 1. The standard InChI is InChI=1S/C22H18F3N3O2/c23-22(24,25)17-6-7-21(27-11-17)30-18-8-9-28(13-18)20-12-26-19(10-16(20)14-29)15-4-2-1-3-5-15/h1-7,10-12,14,18H,8-9,13H2/t18-/m1/s1. The third kappa shape index (κ3) is 4.27. The van der Waals surface area contributed by atoms with E-state index >= 15 is 0 Å². The minimum absolute atomic E-state index is 0.142. The summed E-state index contributed by atoms with van der Waals surface area (Å²) < 4.78 is 43.7. The van der Waals surface area contributed by atoms with Gasteiger partial charge in [-0.2, -0.15) is 13.2 Å². The zero-order chi connectivity index (χ0) is 21.1. The Labute approximate surface area is 171 Å². The molecule has 8 heteroatoms. The Morgan fingerprint density at radius 2 is 1.87 bits per heavy atom. The molecule has 154 valence electrons. The van der Waals surface area contributed by atoms with Gasteiger partial charge in [0.2, 0.25) is 5.88 Å². The molecule has 0 unspecified atom stereocenters. The van der Waals surface area contributed by atoms with Crippen molar-refractivity contribution in [1.29, 1.82) is 0 Å². The number of alkyl halides is 3. The molecular formula is C22H18F3N3O2. The van der Waals surface area contributed by atoms with Crippen LogP contribution in [0.5, 0.6) is 5.88 Å². The third-order valence-corrected chi connectivity index (χ3v) is 4.95. The minimum Gasteiger partial charge on any atom is -0.472 e. The van der Waals surface area contributed by atoms with Gasteiger partial charge in [-0.15, -0.1) is 0 Å². The van der Waals surface area contributed by atoms with E-state index in [2.05, 4.69) is 9.97 Å². The van der Waals surface area contributed by atoms with E-state index in [-0.39, 0.29) is 12.0 Å². The Kier molecular flexibility index (Phi) is 5.39. The van der Waals surface area contributed by atoms with E-state index in [1.54, 1.807) is 12.3 Å². The van der Waals surface area contributed by atoms with Crippen LogP contribution >= 0.6 is 0 Å². The molecule has 0 aliphatic carbocycles. The fourth-order valence-corrected chi connectivity index (χ4v) is 3.42. The average Bonchev–Trinajstić information content (AvgIpc) is 3.22. The monoisotopic (exact) mass is 413 g/mol. The van der Waals surface area contributed by atoms with Gasteiger partial charge in [-0.3, -0.25) is 9.78 Å². The number of pyridine rings is 2. The molecule has 3 heterocycles. The number of ether oxygens (including phenoxy) is 1. The molecule has 0 N–H and O–H groups in total. The van der Waals surface area contributed by atoms with Crippen LogP contribution in [0, 0.1) is 0 Å². The van der Waals surface area contributed by atoms with Crippen molar-refractivity contribution < 1.29 is 22.7 Å². The lowest BCUT2D eigenvalue weighted by molar-refractivity contribution is -0.137. The van der Waals surface area contributed by atoms with Crippen molar-refractivity contribution in [1.82, 2.24) is 9.97 Å². The molecule has 1 aromatic carbocycles. The van der Waals surface area contributed by atoms with Gasteiger partial charge in [0.15, 0.2) is 6.29 Å². The summed E-state index contributed by atoms with van der Waals surface area (Å²) in [5.41, 5.74) is 2.04. The largest absolute Gasteiger partial charge is 0.472 e. The van der Waals surface area contributed by atoms with E-state index in [1.165, 1.54) is 6.07 Å². The predicted octanol–water partition coefficient (Wildman–Crippen LogP) is 4.63. The van der Waals surface area contributed by atoms with Crippen molar-refractivity contribution in [2.75, 3.05) is 18.0 Å². The first-order valence-electron chi connectivity index (χ1n) is 9.39. The maximum absolute atomic E-state index is 12.6. The Morgan fingerprint density at radius 1 is 1.07 bits per heavy atom. The highest BCUT2D eigenvalue weighted by molar-refractivity contribution is 5.86. The van der Waals surface area contributed by atoms with Gasteiger partial charge in [0.25, 0.3) is 0 Å². The number of carbonyl (C=O) groups is 1. The maximum Gasteiger partial charge on any atom is 0.417 e. The smallest absolute Gasteiger partial charge is 0.417 e. The number of hydrogen-bond donors (Lipinski definition) is 0. The molecule has 1 aliphatic heterocycles. The second-order valence-electron chi connectivity index (χ2n) is 6.97. The summed E-state index contributed by atoms with van der Waals surface area (Å²) in [7, 11) is 0. The van der Waals surface area contributed by atoms with Crippen molar-refractivity contribution in [3.63, 3.8) is 0 Å². The number of rotatable bonds is 5. The molecule has 0 bridgehead atoms. The Hall–Kier alpha value is -3.42. The van der Waals surface area contributed by atoms with E-state index in [4.69, 9.17) is 4.74 Å². The number of hydrogen-bond acceptors (Lipinski definition) is 5. The first kappa shape index (κ1) is 19.9. The van der Waals surface area contributed by atoms with E-state index in [0.29, 0.717) is 36.5 Å². The fraction of sp³-hybridized carbons (Fsp3) is 0.227. The van der Waals surface area contributed by atoms with E-state index < -0.39 is 11.7 Å². The molecule has 5 nitrogen and oxygen atoms in total. The van der Waals surface area contributed by atoms with Crippen LogP contribution in [-0.4, -0.2) is 35.4 Å². The highest BCUT2D eigenvalue weighted by Crippen LogP contribution is 2.31. The zero-order valence-electron chi connectivity index (χ0n) is 15.8. The lowest BCUT2D eigenvalue weighted by Crippen LogP contribution is -2.25. The highest BCUT2D eigenvalue weighted by Gasteiger charge is 2.31. The first-order chi connectivity index (χ1) is 14.4. The van der Waals surface area contributed by atoms with Crippen molar-refractivity contribution in [2.45, 2.75) is 18.7 Å². The maximum atomic E-state index is 12.6. The number of halogens is 3. The number of carbonyl (C=O) groups excluding carboxylic acids is 1. The Bertz CT molecular complexity index is 1020. The molecule has 2 aromatic heterocycles. The second kappa shape index (κ2) is 8.14. The third-order valence-electron chi connectivity index (χ3n) is 4.95. The van der Waals surface area contributed by atoms with Gasteiger partial charge >= 0.3 is 6.18 Å². The quantitative estimate of drug-likeness (QED) is 0.571. The highest BCUT2D eigenvalue weighted by atomic mass is 19.4. The predicted molar refractivity (Wildman–Crippen MR) is 106 cm³/mol. The second-order valence-corrected chi connectivity index (χ2v) is 6.97. The lowest BCUT2D eigenvalue weighted by atomic mass is 10.1. The van der Waals surface area contributed by atoms with Gasteiger partial charge in [0.05, 0.1) is 29.7 Å². The van der Waals surface area contributed by atoms with Gasteiger partial charge in [-0.25, -0.2) is 4.98 Å². The molecule has 1 aliphatic rings. The summed E-state index contributed by atoms with van der Waals surface area (Å²) in [6.07, 6.45) is -0.789. The summed E-state index contributed by atoms with van der Waals surface area (Å²) >= 11 is 0. The molecule has 0 saturated carbocycles. The first-order valence-corrected chi connectivity index (χ1v) is 9.39. The number of aldehydes is 1. The van der Waals surface area contributed by atoms with Crippen LogP contribution in [0.15, 0.2) is 60.9 Å². The van der Waals surface area contributed by atoms with E-state index in [9.17, 15) is 18.0 Å². The van der Waals surface area contributed by atoms with Crippen molar-refractivity contribution in [3.8, 4) is 17.1 Å². The van der Waals surface area contributed by atoms with Crippen LogP contribution in [0.25, 0.3) is 11.3 Å². The average molecular weight is 413 g/mol. The molecule has 1 fully saturated rings. The van der Waals surface area contributed by atoms with Gasteiger partial charge < -0.3 is 9.64 Å². The molecule has 4 rings (SSSR count). The summed E-state index contributed by atoms with van der Waals surface area (Å²) in [5.74, 6) is 0.142. The normalized spacial score (nSPS) is 16.5. The molecule has 1 atom stereocenters. The number of aromatic nitrogens is 2. The van der Waals surface area contributed by atoms with E-state index in [0.717, 1.165) is 24.1 Å². The summed E-state index contributed by atoms with van der Waals surface area (Å²) in [6, 6.07) is 13.5. The van der Waals surface area contributed by atoms with E-state index in [1.807, 2.05) is 35.2 Å². The number of nitrogens with zero attached hydrogens (tertiary/aromatic N) is 3. The summed E-state index contributed by atoms with van der Waals surface area (Å²) in [4.78, 5) is 21.9. The van der Waals surface area contributed by atoms with Crippen molar-refractivity contribution >= 4 is 12.0 Å². The minimum atomic E-state index is -4.43. The summed E-state index contributed by atoms with van der Waals surface area (Å²) in [5, 5.41) is 0. The van der Waals surface area contributed by atoms with Crippen LogP contribution in [0.2, 0.25) is 0 Å². The van der Waals surface area contributed by atoms with Crippen LogP contribution in [-0.2, 0) is 6.18 Å². The van der Waals surface area contributed by atoms with Gasteiger partial charge in [-0.1, -0.05) is 30.3 Å². The van der Waals surface area contributed by atoms with Crippen molar-refractivity contribution in [3.05, 3.63) is 72.1 Å². The number of benzene rings is 1. The fourth-order valence-electron chi connectivity index (χ4n) is 3.42. The van der Waals surface area contributed by atoms with Gasteiger partial charge in [0.1, 0.15) is 6.10 Å².